The number of nitrogens with one attached hydrogen (secondary N) is 1. The second-order valence-electron chi connectivity index (χ2n) is 11.3. The van der Waals surface area contributed by atoms with Crippen LogP contribution in [0.4, 0.5) is 8.78 Å². The minimum Gasteiger partial charge on any atom is -0.350 e. The van der Waals surface area contributed by atoms with Crippen molar-refractivity contribution in [3.63, 3.8) is 0 Å². The molecule has 5 nitrogen and oxygen atoms in total. The van der Waals surface area contributed by atoms with Crippen LogP contribution in [0, 0.1) is 17.6 Å². The van der Waals surface area contributed by atoms with E-state index < -0.39 is 11.6 Å². The number of halogens is 2. The molecule has 2 amide bonds. The van der Waals surface area contributed by atoms with Gasteiger partial charge in [0.25, 0.3) is 11.8 Å². The third kappa shape index (κ3) is 6.30. The summed E-state index contributed by atoms with van der Waals surface area (Å²) in [5.41, 5.74) is 2.33. The van der Waals surface area contributed by atoms with Crippen molar-refractivity contribution in [2.24, 2.45) is 5.92 Å². The lowest BCUT2D eigenvalue weighted by atomic mass is 9.88. The van der Waals surface area contributed by atoms with E-state index in [0.29, 0.717) is 41.6 Å². The molecular weight excluding hydrogens is 496 g/mol. The average molecular weight is 534 g/mol. The quantitative estimate of drug-likeness (QED) is 0.435. The number of hydrogen-bond donors (Lipinski definition) is 1. The minimum atomic E-state index is -0.673. The predicted molar refractivity (Wildman–Crippen MR) is 150 cm³/mol. The largest absolute Gasteiger partial charge is 0.350 e. The summed E-state index contributed by atoms with van der Waals surface area (Å²) in [5.74, 6) is -0.875. The first kappa shape index (κ1) is 27.3. The maximum absolute atomic E-state index is 14.2. The van der Waals surface area contributed by atoms with E-state index in [1.54, 1.807) is 18.2 Å². The summed E-state index contributed by atoms with van der Waals surface area (Å²) in [5, 5.41) is 3.53. The van der Waals surface area contributed by atoms with Gasteiger partial charge in [-0.05, 0) is 94.8 Å². The number of benzene rings is 3. The third-order valence-corrected chi connectivity index (χ3v) is 8.22. The number of amides is 2. The standard InChI is InChI=1S/C32H37F2N3O2/c1-21(2)35-31(38)24-8-6-22(7-9-24)18-23-10-14-36(15-11-23)26-12-16-37(17-13-26)32(39)28-5-3-4-27-29(28)19-25(33)20-30(27)34/h3-9,19-21,23,26H,10-18H2,1-2H3,(H,35,38). The number of nitrogens with zero attached hydrogens (tertiary/aromatic N) is 2. The molecule has 0 aromatic heterocycles. The summed E-state index contributed by atoms with van der Waals surface area (Å²) in [6.45, 7) is 7.32. The lowest BCUT2D eigenvalue weighted by Gasteiger charge is -2.42. The molecule has 7 heteroatoms. The van der Waals surface area contributed by atoms with Gasteiger partial charge < -0.3 is 15.1 Å². The van der Waals surface area contributed by atoms with Crippen molar-refractivity contribution in [2.75, 3.05) is 26.2 Å². The Morgan fingerprint density at radius 1 is 0.897 bits per heavy atom. The number of rotatable bonds is 6. The molecule has 3 aromatic carbocycles. The minimum absolute atomic E-state index is 0.0301. The molecule has 2 aliphatic rings. The zero-order valence-corrected chi connectivity index (χ0v) is 22.8. The zero-order chi connectivity index (χ0) is 27.5. The van der Waals surface area contributed by atoms with E-state index in [9.17, 15) is 18.4 Å². The number of carbonyl (C=O) groups excluding carboxylic acids is 2. The molecule has 0 spiro atoms. The molecule has 0 atom stereocenters. The highest BCUT2D eigenvalue weighted by Crippen LogP contribution is 2.29. The van der Waals surface area contributed by atoms with Gasteiger partial charge in [0.05, 0.1) is 0 Å². The third-order valence-electron chi connectivity index (χ3n) is 8.22. The Balaban J connectivity index is 1.11. The van der Waals surface area contributed by atoms with Crippen LogP contribution in [0.3, 0.4) is 0 Å². The summed E-state index contributed by atoms with van der Waals surface area (Å²) >= 11 is 0. The SMILES string of the molecule is CC(C)NC(=O)c1ccc(CC2CCN(C3CCN(C(=O)c4cccc5c(F)cc(F)cc45)CC3)CC2)cc1. The fraction of sp³-hybridized carbons (Fsp3) is 0.438. The molecule has 2 heterocycles. The lowest BCUT2D eigenvalue weighted by molar-refractivity contribution is 0.0553. The second kappa shape index (κ2) is 11.8. The molecule has 3 aromatic rings. The molecule has 0 saturated carbocycles. The maximum atomic E-state index is 14.2. The van der Waals surface area contributed by atoms with Gasteiger partial charge >= 0.3 is 0 Å². The van der Waals surface area contributed by atoms with Crippen LogP contribution in [0.1, 0.15) is 65.8 Å². The van der Waals surface area contributed by atoms with E-state index in [4.69, 9.17) is 0 Å². The Kier molecular flexibility index (Phi) is 8.26. The molecule has 206 valence electrons. The van der Waals surface area contributed by atoms with Crippen LogP contribution in [0.2, 0.25) is 0 Å². The van der Waals surface area contributed by atoms with Crippen LogP contribution in [0.15, 0.2) is 54.6 Å². The summed E-state index contributed by atoms with van der Waals surface area (Å²) < 4.78 is 28.1. The molecular formula is C32H37F2N3O2. The normalized spacial score (nSPS) is 17.6. The summed E-state index contributed by atoms with van der Waals surface area (Å²) in [6, 6.07) is 15.6. The molecule has 2 saturated heterocycles. The van der Waals surface area contributed by atoms with Crippen molar-refractivity contribution in [3.05, 3.63) is 82.9 Å². The van der Waals surface area contributed by atoms with Crippen molar-refractivity contribution in [3.8, 4) is 0 Å². The van der Waals surface area contributed by atoms with Crippen molar-refractivity contribution < 1.29 is 18.4 Å². The number of likely N-dealkylation sites (tertiary alicyclic amines) is 2. The highest BCUT2D eigenvalue weighted by molar-refractivity contribution is 6.07. The number of piperidine rings is 2. The first-order chi connectivity index (χ1) is 18.8. The van der Waals surface area contributed by atoms with Gasteiger partial charge in [0.1, 0.15) is 11.6 Å². The lowest BCUT2D eigenvalue weighted by Crippen LogP contribution is -2.49. The van der Waals surface area contributed by atoms with Crippen molar-refractivity contribution in [1.29, 1.82) is 0 Å². The van der Waals surface area contributed by atoms with Gasteiger partial charge in [-0.15, -0.1) is 0 Å². The van der Waals surface area contributed by atoms with Crippen LogP contribution in [-0.4, -0.2) is 59.9 Å². The van der Waals surface area contributed by atoms with Crippen LogP contribution < -0.4 is 5.32 Å². The van der Waals surface area contributed by atoms with Crippen LogP contribution >= 0.6 is 0 Å². The van der Waals surface area contributed by atoms with E-state index in [-0.39, 0.29) is 23.2 Å². The predicted octanol–water partition coefficient (Wildman–Crippen LogP) is 5.82. The number of hydrogen-bond acceptors (Lipinski definition) is 3. The highest BCUT2D eigenvalue weighted by atomic mass is 19.1. The van der Waals surface area contributed by atoms with E-state index >= 15 is 0 Å². The fourth-order valence-corrected chi connectivity index (χ4v) is 6.09. The van der Waals surface area contributed by atoms with E-state index in [0.717, 1.165) is 51.3 Å². The topological polar surface area (TPSA) is 52.7 Å². The van der Waals surface area contributed by atoms with Gasteiger partial charge in [0.15, 0.2) is 0 Å². The molecule has 0 aliphatic carbocycles. The molecule has 39 heavy (non-hydrogen) atoms. The molecule has 0 radical (unpaired) electrons. The molecule has 1 N–H and O–H groups in total. The molecule has 5 rings (SSSR count). The summed E-state index contributed by atoms with van der Waals surface area (Å²) in [7, 11) is 0. The van der Waals surface area contributed by atoms with E-state index in [1.807, 2.05) is 30.9 Å². The van der Waals surface area contributed by atoms with E-state index in [2.05, 4.69) is 22.3 Å². The van der Waals surface area contributed by atoms with Crippen molar-refractivity contribution in [2.45, 2.75) is 58.0 Å². The Morgan fingerprint density at radius 3 is 2.26 bits per heavy atom. The molecule has 0 bridgehead atoms. The van der Waals surface area contributed by atoms with Crippen molar-refractivity contribution in [1.82, 2.24) is 15.1 Å². The van der Waals surface area contributed by atoms with Gasteiger partial charge in [0, 0.05) is 53.1 Å². The first-order valence-corrected chi connectivity index (χ1v) is 14.1. The number of carbonyl (C=O) groups is 2. The molecule has 0 unspecified atom stereocenters. The molecule has 2 fully saturated rings. The van der Waals surface area contributed by atoms with Gasteiger partial charge in [-0.25, -0.2) is 8.78 Å². The fourth-order valence-electron chi connectivity index (χ4n) is 6.09. The first-order valence-electron chi connectivity index (χ1n) is 14.1. The van der Waals surface area contributed by atoms with Crippen molar-refractivity contribution >= 4 is 22.6 Å². The Labute approximate surface area is 229 Å². The second-order valence-corrected chi connectivity index (χ2v) is 11.3. The highest BCUT2D eigenvalue weighted by Gasteiger charge is 2.30. The Hall–Kier alpha value is -3.32. The van der Waals surface area contributed by atoms with Gasteiger partial charge in [-0.2, -0.15) is 0 Å². The average Bonchev–Trinajstić information content (AvgIpc) is 2.93. The Morgan fingerprint density at radius 2 is 1.59 bits per heavy atom. The zero-order valence-electron chi connectivity index (χ0n) is 22.8. The monoisotopic (exact) mass is 533 g/mol. The van der Waals surface area contributed by atoms with E-state index in [1.165, 1.54) is 11.6 Å². The van der Waals surface area contributed by atoms with Crippen LogP contribution in [0.25, 0.3) is 10.8 Å². The van der Waals surface area contributed by atoms with Gasteiger partial charge in [0.2, 0.25) is 0 Å². The van der Waals surface area contributed by atoms with Crippen LogP contribution in [0.5, 0.6) is 0 Å². The van der Waals surface area contributed by atoms with Gasteiger partial charge in [-0.1, -0.05) is 24.3 Å². The summed E-state index contributed by atoms with van der Waals surface area (Å²) in [6.07, 6.45) is 5.12. The van der Waals surface area contributed by atoms with Gasteiger partial charge in [-0.3, -0.25) is 9.59 Å². The maximum Gasteiger partial charge on any atom is 0.254 e. The smallest absolute Gasteiger partial charge is 0.254 e. The Bertz CT molecular complexity index is 1330. The van der Waals surface area contributed by atoms with Crippen LogP contribution in [-0.2, 0) is 6.42 Å². The molecule has 2 aliphatic heterocycles. The number of fused-ring (bicyclic) bond motifs is 1. The summed E-state index contributed by atoms with van der Waals surface area (Å²) in [4.78, 5) is 29.9.